The molecule has 2 heterocycles. The lowest BCUT2D eigenvalue weighted by molar-refractivity contribution is -0.149. The number of aliphatic imine (C=N–C) groups is 1. The predicted molar refractivity (Wildman–Crippen MR) is 137 cm³/mol. The summed E-state index contributed by atoms with van der Waals surface area (Å²) in [5.41, 5.74) is 0. The quantitative estimate of drug-likeness (QED) is 0.116. The number of hydrogen-bond acceptors (Lipinski definition) is 6. The van der Waals surface area contributed by atoms with Crippen molar-refractivity contribution < 1.29 is 9.53 Å². The van der Waals surface area contributed by atoms with E-state index >= 15 is 0 Å². The Morgan fingerprint density at radius 1 is 1.35 bits per heavy atom. The number of guanidine groups is 1. The second-order valence-corrected chi connectivity index (χ2v) is 8.76. The van der Waals surface area contributed by atoms with Gasteiger partial charge in [0.15, 0.2) is 11.1 Å². The number of thioether (sulfide) groups is 1. The lowest BCUT2D eigenvalue weighted by Crippen LogP contribution is -2.48. The first kappa shape index (κ1) is 28.0. The number of halogens is 1. The highest BCUT2D eigenvalue weighted by Crippen LogP contribution is 2.19. The first-order valence-corrected chi connectivity index (χ1v) is 12.4. The van der Waals surface area contributed by atoms with Gasteiger partial charge in [-0.2, -0.15) is 0 Å². The number of carbonyl (C=O) groups is 1. The van der Waals surface area contributed by atoms with E-state index in [-0.39, 0.29) is 35.9 Å². The van der Waals surface area contributed by atoms with E-state index in [1.165, 1.54) is 0 Å². The summed E-state index contributed by atoms with van der Waals surface area (Å²) in [6.07, 6.45) is 5.67. The molecule has 1 N–H and O–H groups in total. The minimum absolute atomic E-state index is 0. The fourth-order valence-electron chi connectivity index (χ4n) is 3.67. The molecular formula is C21H39IN6O2S. The van der Waals surface area contributed by atoms with Crippen LogP contribution >= 0.6 is 35.7 Å². The molecule has 0 radical (unpaired) electrons. The van der Waals surface area contributed by atoms with Crippen LogP contribution in [0, 0.1) is 11.8 Å². The number of hydrogen-bond donors (Lipinski definition) is 1. The first-order chi connectivity index (χ1) is 14.5. The van der Waals surface area contributed by atoms with Gasteiger partial charge >= 0.3 is 5.97 Å². The van der Waals surface area contributed by atoms with Crippen LogP contribution in [0.2, 0.25) is 0 Å². The number of piperidine rings is 1. The second-order valence-electron chi connectivity index (χ2n) is 7.98. The van der Waals surface area contributed by atoms with E-state index in [4.69, 9.17) is 9.73 Å². The Labute approximate surface area is 208 Å². The van der Waals surface area contributed by atoms with Crippen molar-refractivity contribution in [2.24, 2.45) is 16.8 Å². The van der Waals surface area contributed by atoms with Crippen LogP contribution in [0.25, 0.3) is 0 Å². The number of likely N-dealkylation sites (tertiary alicyclic amines) is 1. The largest absolute Gasteiger partial charge is 0.466 e. The summed E-state index contributed by atoms with van der Waals surface area (Å²) in [4.78, 5) is 19.2. The monoisotopic (exact) mass is 566 g/mol. The minimum atomic E-state index is -0.0906. The van der Waals surface area contributed by atoms with Crippen molar-refractivity contribution in [3.05, 3.63) is 5.82 Å². The molecule has 1 atom stereocenters. The molecule has 1 unspecified atom stereocenters. The van der Waals surface area contributed by atoms with Gasteiger partial charge in [-0.3, -0.25) is 9.79 Å². The molecule has 178 valence electrons. The van der Waals surface area contributed by atoms with Crippen molar-refractivity contribution in [3.63, 3.8) is 0 Å². The molecule has 0 spiro atoms. The molecule has 0 aromatic carbocycles. The molecule has 1 aliphatic heterocycles. The van der Waals surface area contributed by atoms with Crippen LogP contribution in [0.1, 0.15) is 52.8 Å². The van der Waals surface area contributed by atoms with Gasteiger partial charge in [0.25, 0.3) is 0 Å². The van der Waals surface area contributed by atoms with Crippen molar-refractivity contribution in [1.29, 1.82) is 0 Å². The number of aryl methyl sites for hydroxylation is 1. The molecule has 1 aliphatic rings. The van der Waals surface area contributed by atoms with Crippen LogP contribution in [0.3, 0.4) is 0 Å². The Bertz CT molecular complexity index is 697. The van der Waals surface area contributed by atoms with Crippen LogP contribution in [0.15, 0.2) is 10.1 Å². The van der Waals surface area contributed by atoms with Crippen molar-refractivity contribution in [3.8, 4) is 0 Å². The van der Waals surface area contributed by atoms with Crippen molar-refractivity contribution in [2.75, 3.05) is 39.0 Å². The minimum Gasteiger partial charge on any atom is -0.466 e. The number of ether oxygens (including phenoxy) is 1. The smallest absolute Gasteiger partial charge is 0.310 e. The zero-order valence-corrected chi connectivity index (χ0v) is 22.7. The Morgan fingerprint density at radius 3 is 2.77 bits per heavy atom. The SMILES string of the molecule is CCNC(=NCCCc1nnc(SC)n1CC(C)C)N1CCCC(C(=O)OCC)C1.I. The summed E-state index contributed by atoms with van der Waals surface area (Å²) in [6, 6.07) is 0. The molecule has 10 heteroatoms. The molecule has 1 aromatic rings. The maximum Gasteiger partial charge on any atom is 0.310 e. The van der Waals surface area contributed by atoms with Crippen molar-refractivity contribution in [1.82, 2.24) is 25.0 Å². The molecule has 0 bridgehead atoms. The van der Waals surface area contributed by atoms with Gasteiger partial charge in [0.05, 0.1) is 12.5 Å². The van der Waals surface area contributed by atoms with E-state index in [2.05, 4.69) is 45.8 Å². The third kappa shape index (κ3) is 8.78. The Kier molecular flexibility index (Phi) is 13.5. The maximum absolute atomic E-state index is 12.2. The van der Waals surface area contributed by atoms with E-state index in [0.29, 0.717) is 25.6 Å². The van der Waals surface area contributed by atoms with Crippen LogP contribution in [0.5, 0.6) is 0 Å². The number of nitrogens with zero attached hydrogens (tertiary/aromatic N) is 5. The summed E-state index contributed by atoms with van der Waals surface area (Å²) in [6.45, 7) is 12.8. The van der Waals surface area contributed by atoms with Gasteiger partial charge in [0.2, 0.25) is 0 Å². The predicted octanol–water partition coefficient (Wildman–Crippen LogP) is 3.45. The molecule has 1 saturated heterocycles. The molecular weight excluding hydrogens is 527 g/mol. The van der Waals surface area contributed by atoms with Crippen LogP contribution < -0.4 is 5.32 Å². The second kappa shape index (κ2) is 14.9. The van der Waals surface area contributed by atoms with Gasteiger partial charge in [-0.15, -0.1) is 34.2 Å². The lowest BCUT2D eigenvalue weighted by atomic mass is 9.98. The number of nitrogens with one attached hydrogen (secondary N) is 1. The Morgan fingerprint density at radius 2 is 2.13 bits per heavy atom. The first-order valence-electron chi connectivity index (χ1n) is 11.2. The highest BCUT2D eigenvalue weighted by Gasteiger charge is 2.28. The number of rotatable bonds is 10. The number of carbonyl (C=O) groups excluding carboxylic acids is 1. The van der Waals surface area contributed by atoms with Crippen LogP contribution in [0.4, 0.5) is 0 Å². The lowest BCUT2D eigenvalue weighted by Gasteiger charge is -2.34. The van der Waals surface area contributed by atoms with E-state index in [1.807, 2.05) is 13.2 Å². The Hall–Kier alpha value is -1.04. The van der Waals surface area contributed by atoms with Gasteiger partial charge in [-0.05, 0) is 45.3 Å². The van der Waals surface area contributed by atoms with Gasteiger partial charge < -0.3 is 19.5 Å². The maximum atomic E-state index is 12.2. The summed E-state index contributed by atoms with van der Waals surface area (Å²) in [5.74, 6) is 2.32. The van der Waals surface area contributed by atoms with Crippen molar-refractivity contribution >= 4 is 47.7 Å². The fourth-order valence-corrected chi connectivity index (χ4v) is 4.20. The van der Waals surface area contributed by atoms with Crippen LogP contribution in [-0.4, -0.2) is 70.6 Å². The topological polar surface area (TPSA) is 84.6 Å². The number of aromatic nitrogens is 3. The van der Waals surface area contributed by atoms with E-state index < -0.39 is 0 Å². The van der Waals surface area contributed by atoms with E-state index in [9.17, 15) is 4.79 Å². The highest BCUT2D eigenvalue weighted by atomic mass is 127. The molecule has 2 rings (SSSR count). The third-order valence-electron chi connectivity index (χ3n) is 5.02. The van der Waals surface area contributed by atoms with Gasteiger partial charge in [-0.1, -0.05) is 25.6 Å². The summed E-state index contributed by atoms with van der Waals surface area (Å²) in [5, 5.41) is 13.1. The third-order valence-corrected chi connectivity index (χ3v) is 5.69. The number of esters is 1. The fraction of sp³-hybridized carbons (Fsp3) is 0.810. The summed E-state index contributed by atoms with van der Waals surface area (Å²) in [7, 11) is 0. The van der Waals surface area contributed by atoms with E-state index in [0.717, 1.165) is 62.3 Å². The molecule has 8 nitrogen and oxygen atoms in total. The van der Waals surface area contributed by atoms with Gasteiger partial charge in [0.1, 0.15) is 5.82 Å². The van der Waals surface area contributed by atoms with Crippen molar-refractivity contribution in [2.45, 2.75) is 65.1 Å². The summed E-state index contributed by atoms with van der Waals surface area (Å²) >= 11 is 1.64. The van der Waals surface area contributed by atoms with Gasteiger partial charge in [0, 0.05) is 39.1 Å². The molecule has 1 fully saturated rings. The molecule has 31 heavy (non-hydrogen) atoms. The molecule has 1 aromatic heterocycles. The zero-order chi connectivity index (χ0) is 21.9. The standard InChI is InChI=1S/C21H38N6O2S.HI/c1-6-22-20(26-13-9-10-17(15-26)19(28)29-7-2)23-12-8-11-18-24-25-21(30-5)27(18)14-16(3)4;/h16-17H,6-15H2,1-5H3,(H,22,23);1H. The average molecular weight is 567 g/mol. The molecule has 0 amide bonds. The zero-order valence-electron chi connectivity index (χ0n) is 19.6. The molecule has 0 aliphatic carbocycles. The van der Waals surface area contributed by atoms with Crippen LogP contribution in [-0.2, 0) is 22.5 Å². The van der Waals surface area contributed by atoms with Gasteiger partial charge in [-0.25, -0.2) is 0 Å². The highest BCUT2D eigenvalue weighted by molar-refractivity contribution is 14.0. The summed E-state index contributed by atoms with van der Waals surface area (Å²) < 4.78 is 7.46. The van der Waals surface area contributed by atoms with E-state index in [1.54, 1.807) is 11.8 Å². The molecule has 0 saturated carbocycles. The average Bonchev–Trinajstić information content (AvgIpc) is 3.11. The Balaban J connectivity index is 0.00000480. The normalized spacial score (nSPS) is 16.9.